The molecular formula is C13H17N3S. The van der Waals surface area contributed by atoms with E-state index in [-0.39, 0.29) is 0 Å². The first-order chi connectivity index (χ1) is 8.19. The molecular weight excluding hydrogens is 230 g/mol. The summed E-state index contributed by atoms with van der Waals surface area (Å²) < 4.78 is 1.96. The van der Waals surface area contributed by atoms with Gasteiger partial charge in [-0.2, -0.15) is 5.10 Å². The molecule has 4 heteroatoms. The molecule has 0 atom stereocenters. The Bertz CT molecular complexity index is 488. The molecule has 2 N–H and O–H groups in total. The van der Waals surface area contributed by atoms with E-state index >= 15 is 0 Å². The van der Waals surface area contributed by atoms with Crippen molar-refractivity contribution in [2.45, 2.75) is 24.0 Å². The fourth-order valence-electron chi connectivity index (χ4n) is 1.60. The molecule has 2 aromatic rings. The highest BCUT2D eigenvalue weighted by Gasteiger charge is 2.04. The van der Waals surface area contributed by atoms with Crippen LogP contribution in [0.15, 0.2) is 35.2 Å². The van der Waals surface area contributed by atoms with Crippen molar-refractivity contribution in [3.05, 3.63) is 41.7 Å². The van der Waals surface area contributed by atoms with Gasteiger partial charge in [0.1, 0.15) is 0 Å². The summed E-state index contributed by atoms with van der Waals surface area (Å²) in [5, 5.41) is 4.44. The lowest BCUT2D eigenvalue weighted by molar-refractivity contribution is 0.720. The molecule has 0 fully saturated rings. The minimum absolute atomic E-state index is 0.808. The lowest BCUT2D eigenvalue weighted by Gasteiger charge is -2.02. The Kier molecular flexibility index (Phi) is 3.74. The zero-order valence-electron chi connectivity index (χ0n) is 10.2. The van der Waals surface area contributed by atoms with Crippen molar-refractivity contribution in [1.29, 1.82) is 0 Å². The fraction of sp³-hybridized carbons (Fsp3) is 0.308. The summed E-state index contributed by atoms with van der Waals surface area (Å²) in [6, 6.07) is 10.1. The van der Waals surface area contributed by atoms with E-state index < -0.39 is 0 Å². The number of hydrogen-bond donors (Lipinski definition) is 1. The van der Waals surface area contributed by atoms with E-state index in [0.717, 1.165) is 23.6 Å². The van der Waals surface area contributed by atoms with Crippen LogP contribution in [0.3, 0.4) is 0 Å². The molecule has 0 bridgehead atoms. The van der Waals surface area contributed by atoms with Crippen LogP contribution < -0.4 is 5.73 Å². The number of rotatable bonds is 4. The van der Waals surface area contributed by atoms with Crippen molar-refractivity contribution >= 4 is 17.4 Å². The van der Waals surface area contributed by atoms with E-state index in [0.29, 0.717) is 0 Å². The second-order valence-corrected chi connectivity index (χ2v) is 5.01. The van der Waals surface area contributed by atoms with Gasteiger partial charge in [-0.25, -0.2) is 0 Å². The topological polar surface area (TPSA) is 43.8 Å². The Morgan fingerprint density at radius 3 is 2.59 bits per heavy atom. The average molecular weight is 247 g/mol. The van der Waals surface area contributed by atoms with Crippen LogP contribution in [0, 0.1) is 0 Å². The van der Waals surface area contributed by atoms with Crippen molar-refractivity contribution in [3.63, 3.8) is 0 Å². The van der Waals surface area contributed by atoms with Gasteiger partial charge in [0.25, 0.3) is 0 Å². The van der Waals surface area contributed by atoms with Gasteiger partial charge in [-0.15, -0.1) is 11.8 Å². The number of aromatic nitrogens is 2. The van der Waals surface area contributed by atoms with Crippen molar-refractivity contribution in [1.82, 2.24) is 9.78 Å². The third-order valence-electron chi connectivity index (χ3n) is 2.66. The lowest BCUT2D eigenvalue weighted by atomic mass is 10.3. The van der Waals surface area contributed by atoms with Gasteiger partial charge in [0.15, 0.2) is 0 Å². The molecule has 0 saturated heterocycles. The van der Waals surface area contributed by atoms with Gasteiger partial charge in [0.2, 0.25) is 0 Å². The van der Waals surface area contributed by atoms with Crippen LogP contribution in [0.4, 0.5) is 5.69 Å². The summed E-state index contributed by atoms with van der Waals surface area (Å²) in [7, 11) is 2.00. The molecule has 0 unspecified atom stereocenters. The molecule has 1 aromatic carbocycles. The number of hydrogen-bond acceptors (Lipinski definition) is 3. The first-order valence-electron chi connectivity index (χ1n) is 5.69. The smallest absolute Gasteiger partial charge is 0.0625 e. The maximum atomic E-state index is 5.66. The molecule has 0 aliphatic rings. The maximum absolute atomic E-state index is 5.66. The van der Waals surface area contributed by atoms with Gasteiger partial charge in [-0.05, 0) is 36.8 Å². The first-order valence-corrected chi connectivity index (χ1v) is 6.67. The number of nitrogen functional groups attached to an aromatic ring is 1. The molecule has 0 radical (unpaired) electrons. The minimum Gasteiger partial charge on any atom is -0.399 e. The standard InChI is InChI=1S/C13H17N3S/c1-3-11-8-12(16(2)15-11)9-17-13-6-4-10(14)5-7-13/h4-8H,3,9,14H2,1-2H3. The first kappa shape index (κ1) is 12.0. The lowest BCUT2D eigenvalue weighted by Crippen LogP contribution is -1.96. The quantitative estimate of drug-likeness (QED) is 0.667. The van der Waals surface area contributed by atoms with E-state index in [9.17, 15) is 0 Å². The van der Waals surface area contributed by atoms with Crippen LogP contribution in [0.1, 0.15) is 18.3 Å². The van der Waals surface area contributed by atoms with Crippen LogP contribution in [0.25, 0.3) is 0 Å². The maximum Gasteiger partial charge on any atom is 0.0625 e. The fourth-order valence-corrected chi connectivity index (χ4v) is 2.51. The molecule has 3 nitrogen and oxygen atoms in total. The Balaban J connectivity index is 2.01. The molecule has 1 heterocycles. The molecule has 0 amide bonds. The van der Waals surface area contributed by atoms with Gasteiger partial charge >= 0.3 is 0 Å². The summed E-state index contributed by atoms with van der Waals surface area (Å²) in [6.45, 7) is 2.12. The molecule has 0 saturated carbocycles. The number of nitrogens with two attached hydrogens (primary N) is 1. The zero-order valence-corrected chi connectivity index (χ0v) is 11.0. The summed E-state index contributed by atoms with van der Waals surface area (Å²) in [6.07, 6.45) is 0.986. The van der Waals surface area contributed by atoms with Gasteiger partial charge in [0.05, 0.1) is 5.69 Å². The largest absolute Gasteiger partial charge is 0.399 e. The Labute approximate surface area is 106 Å². The number of aryl methyl sites for hydroxylation is 2. The molecule has 0 aliphatic carbocycles. The number of benzene rings is 1. The van der Waals surface area contributed by atoms with Crippen LogP contribution in [0.2, 0.25) is 0 Å². The van der Waals surface area contributed by atoms with Crippen molar-refractivity contribution in [2.75, 3.05) is 5.73 Å². The van der Waals surface area contributed by atoms with Crippen molar-refractivity contribution < 1.29 is 0 Å². The summed E-state index contributed by atoms with van der Waals surface area (Å²) in [5.74, 6) is 0.938. The second-order valence-electron chi connectivity index (χ2n) is 3.96. The SMILES string of the molecule is CCc1cc(CSc2ccc(N)cc2)n(C)n1. The predicted octanol–water partition coefficient (Wildman–Crippen LogP) is 2.86. The number of nitrogens with zero attached hydrogens (tertiary/aromatic N) is 2. The van der Waals surface area contributed by atoms with Gasteiger partial charge in [-0.1, -0.05) is 6.92 Å². The third kappa shape index (κ3) is 3.03. The highest BCUT2D eigenvalue weighted by Crippen LogP contribution is 2.23. The van der Waals surface area contributed by atoms with Crippen LogP contribution >= 0.6 is 11.8 Å². The highest BCUT2D eigenvalue weighted by molar-refractivity contribution is 7.98. The zero-order chi connectivity index (χ0) is 12.3. The molecule has 0 aliphatic heterocycles. The third-order valence-corrected chi connectivity index (χ3v) is 3.70. The highest BCUT2D eigenvalue weighted by atomic mass is 32.2. The van der Waals surface area contributed by atoms with Crippen LogP contribution in [-0.4, -0.2) is 9.78 Å². The van der Waals surface area contributed by atoms with Gasteiger partial charge < -0.3 is 5.73 Å². The molecule has 0 spiro atoms. The van der Waals surface area contributed by atoms with Crippen LogP contribution in [-0.2, 0) is 19.2 Å². The van der Waals surface area contributed by atoms with Crippen molar-refractivity contribution in [3.8, 4) is 0 Å². The van der Waals surface area contributed by atoms with Gasteiger partial charge in [0, 0.05) is 29.1 Å². The molecule has 2 rings (SSSR count). The van der Waals surface area contributed by atoms with E-state index in [1.807, 2.05) is 23.9 Å². The summed E-state index contributed by atoms with van der Waals surface area (Å²) >= 11 is 1.80. The number of thioether (sulfide) groups is 1. The Morgan fingerprint density at radius 2 is 2.00 bits per heavy atom. The van der Waals surface area contributed by atoms with E-state index in [1.54, 1.807) is 11.8 Å². The van der Waals surface area contributed by atoms with E-state index in [2.05, 4.69) is 30.2 Å². The van der Waals surface area contributed by atoms with Crippen LogP contribution in [0.5, 0.6) is 0 Å². The molecule has 17 heavy (non-hydrogen) atoms. The number of anilines is 1. The predicted molar refractivity (Wildman–Crippen MR) is 73.0 cm³/mol. The summed E-state index contributed by atoms with van der Waals surface area (Å²) in [4.78, 5) is 1.23. The monoisotopic (exact) mass is 247 g/mol. The normalized spacial score (nSPS) is 10.7. The van der Waals surface area contributed by atoms with E-state index in [1.165, 1.54) is 10.6 Å². The Hall–Kier alpha value is -1.42. The second kappa shape index (κ2) is 5.27. The summed E-state index contributed by atoms with van der Waals surface area (Å²) in [5.41, 5.74) is 8.87. The van der Waals surface area contributed by atoms with Gasteiger partial charge in [-0.3, -0.25) is 4.68 Å². The Morgan fingerprint density at radius 1 is 1.29 bits per heavy atom. The van der Waals surface area contributed by atoms with E-state index in [4.69, 9.17) is 5.73 Å². The van der Waals surface area contributed by atoms with Crippen molar-refractivity contribution in [2.24, 2.45) is 7.05 Å². The minimum atomic E-state index is 0.808. The molecule has 1 aromatic heterocycles. The average Bonchev–Trinajstić information content (AvgIpc) is 2.69. The molecule has 90 valence electrons.